The van der Waals surface area contributed by atoms with Gasteiger partial charge in [-0.1, -0.05) is 41.9 Å². The van der Waals surface area contributed by atoms with E-state index in [9.17, 15) is 12.8 Å². The van der Waals surface area contributed by atoms with Gasteiger partial charge in [0.15, 0.2) is 0 Å². The highest BCUT2D eigenvalue weighted by Gasteiger charge is 2.34. The van der Waals surface area contributed by atoms with Crippen LogP contribution in [0.2, 0.25) is 5.02 Å². The lowest BCUT2D eigenvalue weighted by atomic mass is 10.0. The predicted molar refractivity (Wildman–Crippen MR) is 153 cm³/mol. The lowest BCUT2D eigenvalue weighted by Gasteiger charge is -2.36. The zero-order valence-electron chi connectivity index (χ0n) is 21.7. The van der Waals surface area contributed by atoms with Crippen molar-refractivity contribution < 1.29 is 17.5 Å². The third-order valence-corrected chi connectivity index (χ3v) is 8.82. The molecular weight excluding hydrogens is 537 g/mol. The highest BCUT2D eigenvalue weighted by molar-refractivity contribution is 7.92. The number of anilines is 1. The average molecular weight is 566 g/mol. The van der Waals surface area contributed by atoms with Crippen molar-refractivity contribution >= 4 is 39.0 Å². The van der Waals surface area contributed by atoms with Crippen LogP contribution in [0.3, 0.4) is 0 Å². The molecule has 1 aromatic heterocycles. The van der Waals surface area contributed by atoms with Crippen molar-refractivity contribution in [3.8, 4) is 5.75 Å². The van der Waals surface area contributed by atoms with E-state index in [0.29, 0.717) is 39.6 Å². The number of halogens is 2. The first-order valence-electron chi connectivity index (χ1n) is 12.7. The maximum atomic E-state index is 14.5. The van der Waals surface area contributed by atoms with Crippen LogP contribution in [0.4, 0.5) is 10.1 Å². The monoisotopic (exact) mass is 565 g/mol. The molecule has 3 aromatic carbocycles. The molecule has 0 saturated heterocycles. The number of hydrogen-bond donors (Lipinski definition) is 0. The summed E-state index contributed by atoms with van der Waals surface area (Å²) in [6.45, 7) is 4.58. The van der Waals surface area contributed by atoms with Gasteiger partial charge in [0.05, 0.1) is 28.5 Å². The Bertz CT molecular complexity index is 1600. The lowest BCUT2D eigenvalue weighted by Crippen LogP contribution is -2.43. The summed E-state index contributed by atoms with van der Waals surface area (Å²) in [5.41, 5.74) is 2.95. The Morgan fingerprint density at radius 3 is 2.74 bits per heavy atom. The van der Waals surface area contributed by atoms with Crippen LogP contribution in [0.5, 0.6) is 5.75 Å². The van der Waals surface area contributed by atoms with Crippen molar-refractivity contribution in [2.45, 2.75) is 44.2 Å². The summed E-state index contributed by atoms with van der Waals surface area (Å²) in [6, 6.07) is 16.8. The topological polar surface area (TPSA) is 64.4 Å². The Balaban J connectivity index is 1.50. The van der Waals surface area contributed by atoms with Gasteiger partial charge in [0.2, 0.25) is 0 Å². The van der Waals surface area contributed by atoms with Crippen LogP contribution in [0.15, 0.2) is 84.3 Å². The summed E-state index contributed by atoms with van der Waals surface area (Å²) in [6.07, 6.45) is 8.34. The molecule has 5 rings (SSSR count). The van der Waals surface area contributed by atoms with Crippen molar-refractivity contribution in [2.75, 3.05) is 10.8 Å². The summed E-state index contributed by atoms with van der Waals surface area (Å²) < 4.78 is 52.1. The smallest absolute Gasteiger partial charge is 0.264 e. The van der Waals surface area contributed by atoms with E-state index in [0.717, 1.165) is 18.5 Å². The first-order valence-corrected chi connectivity index (χ1v) is 14.5. The van der Waals surface area contributed by atoms with E-state index in [1.54, 1.807) is 68.0 Å². The van der Waals surface area contributed by atoms with Gasteiger partial charge in [-0.3, -0.25) is 4.31 Å². The number of rotatable bonds is 8. The number of fused-ring (bicyclic) bond motifs is 1. The summed E-state index contributed by atoms with van der Waals surface area (Å²) in [4.78, 5) is 4.30. The summed E-state index contributed by atoms with van der Waals surface area (Å²) in [7, 11) is -3.87. The number of hydrogen-bond acceptors (Lipinski definition) is 4. The molecular formula is C30H29ClFN3O3S. The quantitative estimate of drug-likeness (QED) is 0.216. The van der Waals surface area contributed by atoms with Gasteiger partial charge in [-0.25, -0.2) is 17.8 Å². The second kappa shape index (κ2) is 11.2. The van der Waals surface area contributed by atoms with Crippen LogP contribution in [-0.4, -0.2) is 30.6 Å². The van der Waals surface area contributed by atoms with Crippen LogP contribution in [0.1, 0.15) is 36.5 Å². The van der Waals surface area contributed by atoms with E-state index in [2.05, 4.69) is 4.98 Å². The third kappa shape index (κ3) is 5.87. The Hall–Kier alpha value is -3.62. The number of nitrogens with zero attached hydrogens (tertiary/aromatic N) is 3. The number of benzene rings is 3. The molecule has 39 heavy (non-hydrogen) atoms. The first kappa shape index (κ1) is 27.0. The van der Waals surface area contributed by atoms with Gasteiger partial charge < -0.3 is 9.30 Å². The summed E-state index contributed by atoms with van der Waals surface area (Å²) in [5.74, 6) is 0.0727. The molecule has 0 aliphatic carbocycles. The number of sulfonamides is 1. The minimum Gasteiger partial charge on any atom is -0.486 e. The first-order chi connectivity index (χ1) is 18.7. The fourth-order valence-electron chi connectivity index (χ4n) is 4.82. The normalized spacial score (nSPS) is 15.6. The number of allylic oxidation sites excluding steroid dienone is 1. The number of imidazole rings is 1. The van der Waals surface area contributed by atoms with E-state index < -0.39 is 15.8 Å². The van der Waals surface area contributed by atoms with Gasteiger partial charge in [-0.15, -0.1) is 0 Å². The molecule has 1 atom stereocenters. The molecule has 0 amide bonds. The highest BCUT2D eigenvalue weighted by Crippen LogP contribution is 2.39. The second-order valence-corrected chi connectivity index (χ2v) is 12.0. The zero-order valence-corrected chi connectivity index (χ0v) is 23.3. The Morgan fingerprint density at radius 2 is 2.00 bits per heavy atom. The predicted octanol–water partition coefficient (Wildman–Crippen LogP) is 6.98. The van der Waals surface area contributed by atoms with Gasteiger partial charge in [-0.2, -0.15) is 0 Å². The van der Waals surface area contributed by atoms with Crippen molar-refractivity contribution in [2.24, 2.45) is 0 Å². The fourth-order valence-corrected chi connectivity index (χ4v) is 6.73. The maximum absolute atomic E-state index is 14.5. The van der Waals surface area contributed by atoms with Gasteiger partial charge >= 0.3 is 0 Å². The number of aromatic nitrogens is 2. The Labute approximate surface area is 233 Å². The number of aryl methyl sites for hydroxylation is 2. The largest absolute Gasteiger partial charge is 0.486 e. The molecule has 0 N–H and O–H groups in total. The van der Waals surface area contributed by atoms with Gasteiger partial charge in [0.1, 0.15) is 17.7 Å². The van der Waals surface area contributed by atoms with Crippen LogP contribution in [0.25, 0.3) is 11.6 Å². The SMILES string of the molecule is C/C(=C\c1ccc2c(c1)N(S(=O)(=O)c1cccc(C)c1)C[C@H](CCCn1ccnc1)O2)c1c(F)cccc1Cl. The van der Waals surface area contributed by atoms with Gasteiger partial charge in [0, 0.05) is 24.5 Å². The van der Waals surface area contributed by atoms with Crippen LogP contribution >= 0.6 is 11.6 Å². The maximum Gasteiger partial charge on any atom is 0.264 e. The van der Waals surface area contributed by atoms with Gasteiger partial charge in [0.25, 0.3) is 10.0 Å². The molecule has 9 heteroatoms. The van der Waals surface area contributed by atoms with E-state index in [1.807, 2.05) is 29.8 Å². The third-order valence-electron chi connectivity index (χ3n) is 6.73. The standard InChI is InChI=1S/C30H29ClFN3O3S/c1-21-6-3-8-25(16-21)39(36,37)35-19-24(7-5-14-34-15-13-33-20-34)38-29-12-11-23(18-28(29)35)17-22(2)30-26(31)9-4-10-27(30)32/h3-4,6,8-13,15-18,20,24H,5,7,14,19H2,1-2H3/b22-17+/t24-/m0/s1. The van der Waals surface area contributed by atoms with Crippen LogP contribution in [-0.2, 0) is 16.6 Å². The highest BCUT2D eigenvalue weighted by atomic mass is 35.5. The van der Waals surface area contributed by atoms with Crippen LogP contribution in [0, 0.1) is 12.7 Å². The molecule has 0 saturated carbocycles. The molecule has 1 aliphatic heterocycles. The molecule has 0 bridgehead atoms. The minimum atomic E-state index is -3.87. The minimum absolute atomic E-state index is 0.179. The Morgan fingerprint density at radius 1 is 1.18 bits per heavy atom. The average Bonchev–Trinajstić information content (AvgIpc) is 3.42. The fraction of sp³-hybridized carbons (Fsp3) is 0.233. The zero-order chi connectivity index (χ0) is 27.6. The van der Waals surface area contributed by atoms with E-state index in [-0.39, 0.29) is 17.5 Å². The molecule has 4 aromatic rings. The molecule has 0 unspecified atom stereocenters. The molecule has 6 nitrogen and oxygen atoms in total. The lowest BCUT2D eigenvalue weighted by molar-refractivity contribution is 0.185. The molecule has 0 spiro atoms. The summed E-state index contributed by atoms with van der Waals surface area (Å²) in [5, 5.41) is 0.312. The molecule has 1 aliphatic rings. The second-order valence-electron chi connectivity index (χ2n) is 9.69. The van der Waals surface area contributed by atoms with E-state index in [4.69, 9.17) is 16.3 Å². The van der Waals surface area contributed by atoms with E-state index >= 15 is 0 Å². The molecule has 202 valence electrons. The van der Waals surface area contributed by atoms with Crippen molar-refractivity contribution in [3.63, 3.8) is 0 Å². The van der Waals surface area contributed by atoms with Crippen molar-refractivity contribution in [3.05, 3.63) is 107 Å². The molecule has 2 heterocycles. The van der Waals surface area contributed by atoms with Crippen molar-refractivity contribution in [1.82, 2.24) is 9.55 Å². The van der Waals surface area contributed by atoms with Crippen LogP contribution < -0.4 is 9.04 Å². The Kier molecular flexibility index (Phi) is 7.77. The molecule has 0 fully saturated rings. The van der Waals surface area contributed by atoms with Gasteiger partial charge in [-0.05, 0) is 79.8 Å². The summed E-state index contributed by atoms with van der Waals surface area (Å²) >= 11 is 6.27. The van der Waals surface area contributed by atoms with E-state index in [1.165, 1.54) is 10.4 Å². The molecule has 0 radical (unpaired) electrons. The van der Waals surface area contributed by atoms with Crippen molar-refractivity contribution in [1.29, 1.82) is 0 Å². The number of ether oxygens (including phenoxy) is 1.